The van der Waals surface area contributed by atoms with E-state index >= 15 is 0 Å². The number of ether oxygens (including phenoxy) is 1. The van der Waals surface area contributed by atoms with Gasteiger partial charge in [-0.25, -0.2) is 9.78 Å². The molecule has 0 spiro atoms. The average Bonchev–Trinajstić information content (AvgIpc) is 2.74. The van der Waals surface area contributed by atoms with Crippen molar-refractivity contribution in [2.45, 2.75) is 40.2 Å². The zero-order valence-corrected chi connectivity index (χ0v) is 18.7. The van der Waals surface area contributed by atoms with Crippen molar-refractivity contribution in [3.63, 3.8) is 0 Å². The predicted molar refractivity (Wildman–Crippen MR) is 122 cm³/mol. The summed E-state index contributed by atoms with van der Waals surface area (Å²) in [4.78, 5) is 24.5. The van der Waals surface area contributed by atoms with Crippen LogP contribution in [0.15, 0.2) is 43.2 Å². The van der Waals surface area contributed by atoms with E-state index in [9.17, 15) is 4.79 Å². The Morgan fingerprint density at radius 2 is 1.57 bits per heavy atom. The van der Waals surface area contributed by atoms with Crippen molar-refractivity contribution in [3.05, 3.63) is 48.8 Å². The van der Waals surface area contributed by atoms with Crippen LogP contribution in [0.2, 0.25) is 0 Å². The van der Waals surface area contributed by atoms with Crippen molar-refractivity contribution in [1.82, 2.24) is 19.8 Å². The first kappa shape index (κ1) is 23.2. The topological polar surface area (TPSA) is 84.6 Å². The molecule has 1 aliphatic rings. The van der Waals surface area contributed by atoms with Crippen molar-refractivity contribution < 1.29 is 9.53 Å². The van der Waals surface area contributed by atoms with E-state index in [2.05, 4.69) is 21.4 Å². The Kier molecular flexibility index (Phi) is 7.80. The number of hydrogen-bond acceptors (Lipinski definition) is 6. The SMILES string of the molecule is C=C(c1ccc(-c2cnc(N)cn2)cc1)N1CCN(C(=O)OC(C)(C)C)CC1.CC. The molecular weight excluding hydrogens is 378 g/mol. The van der Waals surface area contributed by atoms with Gasteiger partial charge in [0.2, 0.25) is 0 Å². The van der Waals surface area contributed by atoms with Crippen LogP contribution in [0.3, 0.4) is 0 Å². The number of nitrogens with two attached hydrogens (primary N) is 1. The van der Waals surface area contributed by atoms with Gasteiger partial charge in [-0.2, -0.15) is 0 Å². The molecule has 0 unspecified atom stereocenters. The van der Waals surface area contributed by atoms with E-state index in [0.29, 0.717) is 18.9 Å². The molecule has 30 heavy (non-hydrogen) atoms. The molecule has 1 saturated heterocycles. The minimum absolute atomic E-state index is 0.258. The number of hydrogen-bond donors (Lipinski definition) is 1. The molecule has 0 saturated carbocycles. The van der Waals surface area contributed by atoms with E-state index in [1.54, 1.807) is 17.3 Å². The number of aromatic nitrogens is 2. The van der Waals surface area contributed by atoms with E-state index in [0.717, 1.165) is 35.6 Å². The summed E-state index contributed by atoms with van der Waals surface area (Å²) in [5.74, 6) is 0.402. The fraction of sp³-hybridized carbons (Fsp3) is 0.435. The number of anilines is 1. The minimum Gasteiger partial charge on any atom is -0.444 e. The lowest BCUT2D eigenvalue weighted by molar-refractivity contribution is 0.0182. The second-order valence-corrected chi connectivity index (χ2v) is 7.80. The Morgan fingerprint density at radius 1 is 1.00 bits per heavy atom. The van der Waals surface area contributed by atoms with Gasteiger partial charge < -0.3 is 20.3 Å². The van der Waals surface area contributed by atoms with Gasteiger partial charge >= 0.3 is 6.09 Å². The van der Waals surface area contributed by atoms with Gasteiger partial charge in [-0.05, 0) is 26.3 Å². The normalized spacial score (nSPS) is 13.9. The van der Waals surface area contributed by atoms with Crippen molar-refractivity contribution in [2.75, 3.05) is 31.9 Å². The zero-order valence-electron chi connectivity index (χ0n) is 18.7. The number of nitrogens with zero attached hydrogens (tertiary/aromatic N) is 4. The smallest absolute Gasteiger partial charge is 0.410 e. The highest BCUT2D eigenvalue weighted by Crippen LogP contribution is 2.23. The van der Waals surface area contributed by atoms with Gasteiger partial charge in [-0.3, -0.25) is 4.98 Å². The van der Waals surface area contributed by atoms with Gasteiger partial charge in [0.25, 0.3) is 0 Å². The molecule has 3 rings (SSSR count). The highest BCUT2D eigenvalue weighted by Gasteiger charge is 2.26. The monoisotopic (exact) mass is 411 g/mol. The van der Waals surface area contributed by atoms with Crippen LogP contribution in [-0.2, 0) is 4.74 Å². The molecule has 1 amide bonds. The Morgan fingerprint density at radius 3 is 2.07 bits per heavy atom. The van der Waals surface area contributed by atoms with Crippen molar-refractivity contribution >= 4 is 17.6 Å². The van der Waals surface area contributed by atoms with Gasteiger partial charge in [0.05, 0.1) is 18.1 Å². The third kappa shape index (κ3) is 6.20. The zero-order chi connectivity index (χ0) is 22.3. The molecular formula is C23H33N5O2. The van der Waals surface area contributed by atoms with Gasteiger partial charge in [-0.15, -0.1) is 0 Å². The molecule has 0 bridgehead atoms. The Bertz CT molecular complexity index is 833. The highest BCUT2D eigenvalue weighted by atomic mass is 16.6. The molecule has 1 aliphatic heterocycles. The van der Waals surface area contributed by atoms with E-state index in [1.165, 1.54) is 0 Å². The minimum atomic E-state index is -0.478. The summed E-state index contributed by atoms with van der Waals surface area (Å²) in [6.07, 6.45) is 2.95. The number of rotatable bonds is 3. The third-order valence-electron chi connectivity index (χ3n) is 4.50. The molecule has 0 atom stereocenters. The number of nitrogen functional groups attached to an aromatic ring is 1. The van der Waals surface area contributed by atoms with Crippen molar-refractivity contribution in [3.8, 4) is 11.3 Å². The molecule has 2 N–H and O–H groups in total. The van der Waals surface area contributed by atoms with Crippen LogP contribution in [0, 0.1) is 0 Å². The summed E-state index contributed by atoms with van der Waals surface area (Å²) < 4.78 is 5.45. The number of carbonyl (C=O) groups excluding carboxylic acids is 1. The number of piperazine rings is 1. The summed E-state index contributed by atoms with van der Waals surface area (Å²) in [5.41, 5.74) is 8.84. The van der Waals surface area contributed by atoms with Gasteiger partial charge in [0.1, 0.15) is 11.4 Å². The second kappa shape index (κ2) is 10.1. The lowest BCUT2D eigenvalue weighted by Crippen LogP contribution is -2.49. The first-order chi connectivity index (χ1) is 14.2. The fourth-order valence-corrected chi connectivity index (χ4v) is 2.99. The molecule has 1 aromatic heterocycles. The summed E-state index contributed by atoms with van der Waals surface area (Å²) in [7, 11) is 0. The molecule has 7 nitrogen and oxygen atoms in total. The molecule has 2 heterocycles. The Balaban J connectivity index is 0.00000155. The van der Waals surface area contributed by atoms with Crippen LogP contribution >= 0.6 is 0 Å². The third-order valence-corrected chi connectivity index (χ3v) is 4.50. The van der Waals surface area contributed by atoms with Gasteiger partial charge in [-0.1, -0.05) is 44.7 Å². The second-order valence-electron chi connectivity index (χ2n) is 7.80. The molecule has 0 radical (unpaired) electrons. The van der Waals surface area contributed by atoms with Crippen LogP contribution in [0.5, 0.6) is 0 Å². The molecule has 1 fully saturated rings. The Hall–Kier alpha value is -3.09. The lowest BCUT2D eigenvalue weighted by Gasteiger charge is -2.37. The first-order valence-corrected chi connectivity index (χ1v) is 10.3. The standard InChI is InChI=1S/C21H27N5O2.C2H6/c1-15(25-9-11-26(12-10-25)20(27)28-21(2,3)4)16-5-7-17(8-6-16)18-13-24-19(22)14-23-18;1-2/h5-8,13-14H,1,9-12H2,2-4H3,(H2,22,24);1-2H3. The van der Waals surface area contributed by atoms with Crippen molar-refractivity contribution in [1.29, 1.82) is 0 Å². The number of carbonyl (C=O) groups is 1. The number of benzene rings is 1. The fourth-order valence-electron chi connectivity index (χ4n) is 2.99. The largest absolute Gasteiger partial charge is 0.444 e. The molecule has 1 aromatic carbocycles. The van der Waals surface area contributed by atoms with E-state index in [1.807, 2.05) is 58.9 Å². The summed E-state index contributed by atoms with van der Waals surface area (Å²) >= 11 is 0. The van der Waals surface area contributed by atoms with Crippen LogP contribution in [0.25, 0.3) is 17.0 Å². The maximum absolute atomic E-state index is 12.2. The van der Waals surface area contributed by atoms with E-state index < -0.39 is 5.60 Å². The highest BCUT2D eigenvalue weighted by molar-refractivity contribution is 5.69. The van der Waals surface area contributed by atoms with Crippen LogP contribution in [-0.4, -0.2) is 57.6 Å². The summed E-state index contributed by atoms with van der Waals surface area (Å²) in [5, 5.41) is 0. The maximum atomic E-state index is 12.2. The van der Waals surface area contributed by atoms with E-state index in [4.69, 9.17) is 10.5 Å². The molecule has 2 aromatic rings. The molecule has 162 valence electrons. The van der Waals surface area contributed by atoms with Crippen LogP contribution < -0.4 is 5.73 Å². The Labute approximate surface area is 179 Å². The molecule has 0 aliphatic carbocycles. The van der Waals surface area contributed by atoms with Crippen LogP contribution in [0.1, 0.15) is 40.2 Å². The summed E-state index contributed by atoms with van der Waals surface area (Å²) in [6, 6.07) is 8.04. The average molecular weight is 412 g/mol. The quantitative estimate of drug-likeness (QED) is 0.812. The maximum Gasteiger partial charge on any atom is 0.410 e. The van der Waals surface area contributed by atoms with Gasteiger partial charge in [0.15, 0.2) is 0 Å². The number of amides is 1. The predicted octanol–water partition coefficient (Wildman–Crippen LogP) is 4.28. The summed E-state index contributed by atoms with van der Waals surface area (Å²) in [6.45, 7) is 16.6. The van der Waals surface area contributed by atoms with Crippen LogP contribution in [0.4, 0.5) is 10.6 Å². The van der Waals surface area contributed by atoms with Gasteiger partial charge in [0, 0.05) is 37.4 Å². The molecule has 7 heteroatoms. The lowest BCUT2D eigenvalue weighted by atomic mass is 10.1. The first-order valence-electron chi connectivity index (χ1n) is 10.3. The van der Waals surface area contributed by atoms with Crippen molar-refractivity contribution in [2.24, 2.45) is 0 Å². The van der Waals surface area contributed by atoms with E-state index in [-0.39, 0.29) is 6.09 Å².